The summed E-state index contributed by atoms with van der Waals surface area (Å²) in [4.78, 5) is 0. The molecule has 1 N–H and O–H groups in total. The Kier molecular flexibility index (Phi) is 7.82. The molecule has 0 atom stereocenters. The second kappa shape index (κ2) is 13.6. The third-order valence-electron chi connectivity index (χ3n) is 11.2. The van der Waals surface area contributed by atoms with Crippen LogP contribution < -0.4 is 5.32 Å². The van der Waals surface area contributed by atoms with Gasteiger partial charge >= 0.3 is 0 Å². The first kappa shape index (κ1) is 32.8. The largest absolute Gasteiger partial charge is 0.455 e. The molecule has 11 rings (SSSR count). The van der Waals surface area contributed by atoms with Gasteiger partial charge in [-0.15, -0.1) is 0 Å². The van der Waals surface area contributed by atoms with E-state index in [0.717, 1.165) is 61.3 Å². The highest BCUT2D eigenvalue weighted by Gasteiger charge is 2.15. The van der Waals surface area contributed by atoms with Crippen molar-refractivity contribution in [3.05, 3.63) is 212 Å². The molecule has 57 heavy (non-hydrogen) atoms. The van der Waals surface area contributed by atoms with Crippen molar-refractivity contribution in [1.29, 1.82) is 0 Å². The Morgan fingerprint density at radius 3 is 1.60 bits per heavy atom. The molecule has 0 fully saturated rings. The van der Waals surface area contributed by atoms with E-state index in [0.29, 0.717) is 0 Å². The lowest BCUT2D eigenvalue weighted by Crippen LogP contribution is -1.95. The average molecular weight is 729 g/mol. The molecule has 3 nitrogen and oxygen atoms in total. The maximum absolute atomic E-state index is 6.34. The van der Waals surface area contributed by atoms with E-state index >= 15 is 0 Å². The highest BCUT2D eigenvalue weighted by molar-refractivity contribution is 6.10. The number of para-hydroxylation sites is 4. The maximum Gasteiger partial charge on any atom is 0.143 e. The maximum atomic E-state index is 6.34. The minimum Gasteiger partial charge on any atom is -0.455 e. The number of nitrogens with one attached hydrogen (secondary N) is 1. The third-order valence-corrected chi connectivity index (χ3v) is 11.2. The molecule has 0 bridgehead atoms. The zero-order valence-corrected chi connectivity index (χ0v) is 31.1. The predicted octanol–water partition coefficient (Wildman–Crippen LogP) is 15.1. The van der Waals surface area contributed by atoms with Crippen LogP contribution in [0.25, 0.3) is 93.9 Å². The van der Waals surface area contributed by atoms with Crippen molar-refractivity contribution in [2.24, 2.45) is 0 Å². The molecule has 0 aliphatic rings. The number of anilines is 2. The van der Waals surface area contributed by atoms with E-state index in [1.165, 1.54) is 44.1 Å². The van der Waals surface area contributed by atoms with Crippen LogP contribution in [0.15, 0.2) is 217 Å². The molecule has 0 aliphatic heterocycles. The SMILES string of the molecule is c1ccc(-c2ccc(-c3ccc(Nc4ccc(-c5cccc6c5oc5ccccc56)cc4)cc3-c3ccc(-n4c5ccccc5c5ccccc54)cc3)cc2)cc1. The highest BCUT2D eigenvalue weighted by Crippen LogP contribution is 2.39. The van der Waals surface area contributed by atoms with Gasteiger partial charge in [-0.2, -0.15) is 0 Å². The molecular formula is C54H36N2O. The Morgan fingerprint density at radius 1 is 0.333 bits per heavy atom. The first-order chi connectivity index (χ1) is 28.2. The van der Waals surface area contributed by atoms with Gasteiger partial charge in [0.1, 0.15) is 11.2 Å². The lowest BCUT2D eigenvalue weighted by Gasteiger charge is -2.16. The fourth-order valence-electron chi connectivity index (χ4n) is 8.45. The van der Waals surface area contributed by atoms with Gasteiger partial charge in [0, 0.05) is 44.2 Å². The molecule has 2 heterocycles. The van der Waals surface area contributed by atoms with Crippen molar-refractivity contribution in [2.75, 3.05) is 5.32 Å². The first-order valence-corrected chi connectivity index (χ1v) is 19.4. The van der Waals surface area contributed by atoms with Crippen molar-refractivity contribution < 1.29 is 4.42 Å². The number of hydrogen-bond donors (Lipinski definition) is 1. The van der Waals surface area contributed by atoms with E-state index in [1.54, 1.807) is 0 Å². The van der Waals surface area contributed by atoms with Crippen molar-refractivity contribution in [3.8, 4) is 50.2 Å². The van der Waals surface area contributed by atoms with Gasteiger partial charge in [-0.1, -0.05) is 158 Å². The highest BCUT2D eigenvalue weighted by atomic mass is 16.3. The fraction of sp³-hybridized carbons (Fsp3) is 0. The van der Waals surface area contributed by atoms with Crippen LogP contribution in [0.3, 0.4) is 0 Å². The Bertz CT molecular complexity index is 3170. The van der Waals surface area contributed by atoms with Crippen LogP contribution in [0, 0.1) is 0 Å². The summed E-state index contributed by atoms with van der Waals surface area (Å²) < 4.78 is 8.71. The van der Waals surface area contributed by atoms with Crippen LogP contribution in [-0.2, 0) is 0 Å². The van der Waals surface area contributed by atoms with Gasteiger partial charge in [-0.25, -0.2) is 0 Å². The topological polar surface area (TPSA) is 30.1 Å². The number of furan rings is 1. The molecule has 268 valence electrons. The Morgan fingerprint density at radius 2 is 0.860 bits per heavy atom. The predicted molar refractivity (Wildman–Crippen MR) is 240 cm³/mol. The summed E-state index contributed by atoms with van der Waals surface area (Å²) >= 11 is 0. The minimum atomic E-state index is 0.908. The molecule has 2 aromatic heterocycles. The summed E-state index contributed by atoms with van der Waals surface area (Å²) in [6.45, 7) is 0. The molecular weight excluding hydrogens is 693 g/mol. The van der Waals surface area contributed by atoms with Gasteiger partial charge in [0.25, 0.3) is 0 Å². The number of nitrogens with zero attached hydrogens (tertiary/aromatic N) is 1. The minimum absolute atomic E-state index is 0.908. The number of aromatic nitrogens is 1. The van der Waals surface area contributed by atoms with Crippen LogP contribution in [0.5, 0.6) is 0 Å². The lowest BCUT2D eigenvalue weighted by atomic mass is 9.92. The normalized spacial score (nSPS) is 11.5. The molecule has 3 heteroatoms. The van der Waals surface area contributed by atoms with Crippen LogP contribution in [0.1, 0.15) is 0 Å². The quantitative estimate of drug-likeness (QED) is 0.177. The van der Waals surface area contributed by atoms with E-state index in [-0.39, 0.29) is 0 Å². The second-order valence-corrected chi connectivity index (χ2v) is 14.6. The molecule has 0 amide bonds. The molecule has 0 saturated carbocycles. The first-order valence-electron chi connectivity index (χ1n) is 19.4. The summed E-state index contributed by atoms with van der Waals surface area (Å²) in [7, 11) is 0. The Labute approximate surface area is 330 Å². The van der Waals surface area contributed by atoms with Gasteiger partial charge in [-0.05, 0) is 93.5 Å². The Balaban J connectivity index is 0.961. The summed E-state index contributed by atoms with van der Waals surface area (Å²) in [6, 6.07) is 75.8. The monoisotopic (exact) mass is 728 g/mol. The number of benzene rings is 9. The van der Waals surface area contributed by atoms with Crippen molar-refractivity contribution in [2.45, 2.75) is 0 Å². The van der Waals surface area contributed by atoms with Gasteiger partial charge in [-0.3, -0.25) is 0 Å². The smallest absolute Gasteiger partial charge is 0.143 e. The van der Waals surface area contributed by atoms with Crippen molar-refractivity contribution in [1.82, 2.24) is 4.57 Å². The van der Waals surface area contributed by atoms with Crippen LogP contribution >= 0.6 is 0 Å². The molecule has 0 unspecified atom stereocenters. The number of rotatable bonds is 7. The molecule has 0 spiro atoms. The zero-order chi connectivity index (χ0) is 37.7. The summed E-state index contributed by atoms with van der Waals surface area (Å²) in [5.74, 6) is 0. The second-order valence-electron chi connectivity index (χ2n) is 14.6. The molecule has 9 aromatic carbocycles. The van der Waals surface area contributed by atoms with E-state index in [2.05, 4.69) is 210 Å². The lowest BCUT2D eigenvalue weighted by molar-refractivity contribution is 0.670. The van der Waals surface area contributed by atoms with Gasteiger partial charge in [0.15, 0.2) is 0 Å². The summed E-state index contributed by atoms with van der Waals surface area (Å²) in [5, 5.41) is 8.50. The van der Waals surface area contributed by atoms with Crippen molar-refractivity contribution >= 4 is 55.1 Å². The van der Waals surface area contributed by atoms with Gasteiger partial charge < -0.3 is 14.3 Å². The zero-order valence-electron chi connectivity index (χ0n) is 31.1. The summed E-state index contributed by atoms with van der Waals surface area (Å²) in [6.07, 6.45) is 0. The standard InChI is InChI=1S/C54H36N2O/c1-2-11-36(12-3-1)37-21-23-38(24-22-37)44-34-31-42(55-41-29-25-39(26-30-41)45-16-10-17-49-48-15-6-9-20-53(48)57-54(45)49)35-50(44)40-27-32-43(33-28-40)56-51-18-7-4-13-46(51)47-14-5-8-19-52(47)56/h1-35,55H. The van der Waals surface area contributed by atoms with E-state index in [1.807, 2.05) is 12.1 Å². The molecule has 0 radical (unpaired) electrons. The van der Waals surface area contributed by atoms with Gasteiger partial charge in [0.05, 0.1) is 11.0 Å². The van der Waals surface area contributed by atoms with E-state index in [4.69, 9.17) is 4.42 Å². The average Bonchev–Trinajstić information content (AvgIpc) is 3.83. The van der Waals surface area contributed by atoms with Crippen LogP contribution in [-0.4, -0.2) is 4.57 Å². The summed E-state index contributed by atoms with van der Waals surface area (Å²) in [5.41, 5.74) is 16.7. The fourth-order valence-corrected chi connectivity index (χ4v) is 8.45. The number of hydrogen-bond acceptors (Lipinski definition) is 2. The molecule has 11 aromatic rings. The van der Waals surface area contributed by atoms with E-state index < -0.39 is 0 Å². The van der Waals surface area contributed by atoms with Gasteiger partial charge in [0.2, 0.25) is 0 Å². The van der Waals surface area contributed by atoms with Crippen molar-refractivity contribution in [3.63, 3.8) is 0 Å². The molecule has 0 saturated heterocycles. The van der Waals surface area contributed by atoms with Crippen LogP contribution in [0.2, 0.25) is 0 Å². The molecule has 0 aliphatic carbocycles. The Hall–Kier alpha value is -7.62. The van der Waals surface area contributed by atoms with Crippen LogP contribution in [0.4, 0.5) is 11.4 Å². The number of fused-ring (bicyclic) bond motifs is 6. The van der Waals surface area contributed by atoms with E-state index in [9.17, 15) is 0 Å². The third kappa shape index (κ3) is 5.76.